The highest BCUT2D eigenvalue weighted by atomic mass is 19.1. The molecule has 3 aromatic heterocycles. The van der Waals surface area contributed by atoms with E-state index in [1.54, 1.807) is 58.5 Å². The Bertz CT molecular complexity index is 2000. The first kappa shape index (κ1) is 31.9. The summed E-state index contributed by atoms with van der Waals surface area (Å²) < 4.78 is 36.0. The number of nitrogens with zero attached hydrogens (tertiary/aromatic N) is 5. The van der Waals surface area contributed by atoms with Crippen LogP contribution in [0.15, 0.2) is 82.8 Å². The molecule has 0 saturated carbocycles. The maximum absolute atomic E-state index is 14.0. The van der Waals surface area contributed by atoms with Crippen LogP contribution in [-0.4, -0.2) is 54.9 Å². The Morgan fingerprint density at radius 2 is 1.69 bits per heavy atom. The molecule has 0 aliphatic rings. The van der Waals surface area contributed by atoms with Gasteiger partial charge in [0, 0.05) is 44.2 Å². The number of benzene rings is 2. The normalized spacial score (nSPS) is 10.7. The lowest BCUT2D eigenvalue weighted by Crippen LogP contribution is -2.41. The molecule has 3 heterocycles. The summed E-state index contributed by atoms with van der Waals surface area (Å²) in [5.41, 5.74) is 4.92. The number of rotatable bonds is 6. The molecule has 2 amide bonds. The van der Waals surface area contributed by atoms with Gasteiger partial charge in [-0.2, -0.15) is 5.10 Å². The molecule has 0 aliphatic carbocycles. The first-order chi connectivity index (χ1) is 21.3. The minimum Gasteiger partial charge on any atom is -0.477 e. The van der Waals surface area contributed by atoms with Crippen molar-refractivity contribution in [1.82, 2.24) is 23.6 Å². The van der Waals surface area contributed by atoms with Gasteiger partial charge in [-0.25, -0.2) is 32.2 Å². The minimum absolute atomic E-state index is 0.0309. The molecule has 0 saturated heterocycles. The number of pyridine rings is 1. The van der Waals surface area contributed by atoms with Crippen molar-refractivity contribution in [3.05, 3.63) is 111 Å². The topological polar surface area (TPSA) is 166 Å². The van der Waals surface area contributed by atoms with Gasteiger partial charge < -0.3 is 25.8 Å². The second-order valence-corrected chi connectivity index (χ2v) is 10.1. The molecule has 0 radical (unpaired) electrons. The SMILES string of the molecule is CC(C)n1cc(C(=O)O)c(=O)n(-c2ccc(F)cc2)c1=O.CN(C)C(=O)Nc1cc(Oc2ccc(N)cc2F)c2ccnn2c1. The fourth-order valence-corrected chi connectivity index (χ4v) is 4.01. The molecule has 5 aromatic rings. The zero-order valence-electron chi connectivity index (χ0n) is 24.6. The summed E-state index contributed by atoms with van der Waals surface area (Å²) in [7, 11) is 3.26. The van der Waals surface area contributed by atoms with E-state index in [0.29, 0.717) is 22.6 Å². The van der Waals surface area contributed by atoms with Crippen LogP contribution in [0, 0.1) is 11.6 Å². The summed E-state index contributed by atoms with van der Waals surface area (Å²) in [5, 5.41) is 15.9. The molecule has 13 nitrogen and oxygen atoms in total. The molecule has 0 atom stereocenters. The van der Waals surface area contributed by atoms with E-state index in [4.69, 9.17) is 15.6 Å². The Balaban J connectivity index is 0.000000207. The lowest BCUT2D eigenvalue weighted by atomic mass is 10.2. The second-order valence-electron chi connectivity index (χ2n) is 10.1. The van der Waals surface area contributed by atoms with Crippen molar-refractivity contribution in [2.45, 2.75) is 19.9 Å². The number of anilines is 2. The third kappa shape index (κ3) is 7.15. The third-order valence-electron chi connectivity index (χ3n) is 6.29. The largest absolute Gasteiger partial charge is 0.477 e. The number of amides is 2. The maximum Gasteiger partial charge on any atom is 0.342 e. The van der Waals surface area contributed by atoms with Crippen LogP contribution >= 0.6 is 0 Å². The van der Waals surface area contributed by atoms with E-state index >= 15 is 0 Å². The highest BCUT2D eigenvalue weighted by Crippen LogP contribution is 2.31. The van der Waals surface area contributed by atoms with Gasteiger partial charge in [-0.15, -0.1) is 0 Å². The number of carbonyl (C=O) groups is 2. The van der Waals surface area contributed by atoms with E-state index in [2.05, 4.69) is 10.4 Å². The van der Waals surface area contributed by atoms with Crippen molar-refractivity contribution in [1.29, 1.82) is 0 Å². The number of carbonyl (C=O) groups excluding carboxylic acids is 1. The van der Waals surface area contributed by atoms with Gasteiger partial charge in [0.15, 0.2) is 17.3 Å². The minimum atomic E-state index is -1.43. The Morgan fingerprint density at radius 3 is 2.29 bits per heavy atom. The molecular weight excluding hydrogens is 592 g/mol. The van der Waals surface area contributed by atoms with Crippen molar-refractivity contribution in [3.63, 3.8) is 0 Å². The number of hydrogen-bond acceptors (Lipinski definition) is 7. The fraction of sp³-hybridized carbons (Fsp3) is 0.167. The molecule has 0 spiro atoms. The van der Waals surface area contributed by atoms with Gasteiger partial charge in [0.2, 0.25) is 0 Å². The van der Waals surface area contributed by atoms with Crippen LogP contribution in [0.25, 0.3) is 11.2 Å². The van der Waals surface area contributed by atoms with E-state index < -0.39 is 34.4 Å². The number of ether oxygens (including phenoxy) is 1. The fourth-order valence-electron chi connectivity index (χ4n) is 4.01. The van der Waals surface area contributed by atoms with E-state index in [1.807, 2.05) is 0 Å². The standard InChI is InChI=1S/C16H16FN5O2.C14H13FN2O4/c1-21(2)16(23)20-11-8-15(13-5-6-19-22(13)9-11)24-14-4-3-10(18)7-12(14)17;1-8(2)16-7-11(13(19)20)12(18)17(14(16)21)10-5-3-9(15)4-6-10/h3-9H,18H2,1-2H3,(H,20,23);3-8H,1-2H3,(H,19,20). The number of aromatic carboxylic acids is 1. The maximum atomic E-state index is 14.0. The van der Waals surface area contributed by atoms with Crippen LogP contribution in [0.4, 0.5) is 25.0 Å². The Morgan fingerprint density at radius 1 is 1.00 bits per heavy atom. The van der Waals surface area contributed by atoms with Crippen molar-refractivity contribution < 1.29 is 28.2 Å². The summed E-state index contributed by atoms with van der Waals surface area (Å²) in [6.07, 6.45) is 4.25. The Hall–Kier alpha value is -5.99. The first-order valence-corrected chi connectivity index (χ1v) is 13.3. The molecular formula is C30H29F2N7O6. The number of hydrogen-bond donors (Lipinski definition) is 3. The number of carboxylic acids is 1. The van der Waals surface area contributed by atoms with Gasteiger partial charge >= 0.3 is 17.7 Å². The summed E-state index contributed by atoms with van der Waals surface area (Å²) in [6, 6.07) is 11.5. The Kier molecular flexibility index (Phi) is 9.31. The average molecular weight is 622 g/mol. The van der Waals surface area contributed by atoms with Gasteiger partial charge in [-0.1, -0.05) is 0 Å². The van der Waals surface area contributed by atoms with Crippen LogP contribution in [0.3, 0.4) is 0 Å². The third-order valence-corrected chi connectivity index (χ3v) is 6.29. The van der Waals surface area contributed by atoms with E-state index in [-0.39, 0.29) is 23.5 Å². The summed E-state index contributed by atoms with van der Waals surface area (Å²) in [6.45, 7) is 3.37. The number of nitrogens with one attached hydrogen (secondary N) is 1. The number of urea groups is 1. The predicted octanol–water partition coefficient (Wildman–Crippen LogP) is 4.36. The van der Waals surface area contributed by atoms with Gasteiger partial charge in [0.1, 0.15) is 16.9 Å². The number of carboxylic acid groups (broad SMARTS) is 1. The van der Waals surface area contributed by atoms with Gasteiger partial charge in [-0.3, -0.25) is 9.36 Å². The first-order valence-electron chi connectivity index (χ1n) is 13.3. The molecule has 0 aliphatic heterocycles. The highest BCUT2D eigenvalue weighted by molar-refractivity contribution is 5.89. The van der Waals surface area contributed by atoms with Crippen molar-refractivity contribution in [2.24, 2.45) is 0 Å². The van der Waals surface area contributed by atoms with Gasteiger partial charge in [-0.05, 0) is 56.3 Å². The average Bonchev–Trinajstić information content (AvgIpc) is 3.44. The zero-order chi connectivity index (χ0) is 33.0. The molecule has 0 fully saturated rings. The quantitative estimate of drug-likeness (QED) is 0.235. The van der Waals surface area contributed by atoms with E-state index in [0.717, 1.165) is 27.5 Å². The van der Waals surface area contributed by atoms with Gasteiger partial charge in [0.05, 0.1) is 23.8 Å². The molecule has 2 aromatic carbocycles. The van der Waals surface area contributed by atoms with Crippen LogP contribution in [-0.2, 0) is 0 Å². The zero-order valence-corrected chi connectivity index (χ0v) is 24.6. The molecule has 5 rings (SSSR count). The molecule has 15 heteroatoms. The van der Waals surface area contributed by atoms with Gasteiger partial charge in [0.25, 0.3) is 5.56 Å². The summed E-state index contributed by atoms with van der Waals surface area (Å²) in [5.74, 6) is -2.14. The number of nitrogens with two attached hydrogens (primary N) is 1. The summed E-state index contributed by atoms with van der Waals surface area (Å²) in [4.78, 5) is 48.9. The van der Waals surface area contributed by atoms with E-state index in [1.165, 1.54) is 33.7 Å². The molecule has 45 heavy (non-hydrogen) atoms. The monoisotopic (exact) mass is 621 g/mol. The molecule has 0 bridgehead atoms. The molecule has 0 unspecified atom stereocenters. The van der Waals surface area contributed by atoms with Crippen molar-refractivity contribution in [2.75, 3.05) is 25.1 Å². The number of aromatic nitrogens is 4. The van der Waals surface area contributed by atoms with Crippen LogP contribution < -0.4 is 27.0 Å². The smallest absolute Gasteiger partial charge is 0.342 e. The number of nitrogen functional groups attached to an aromatic ring is 1. The van der Waals surface area contributed by atoms with Crippen molar-refractivity contribution in [3.8, 4) is 17.2 Å². The number of halogens is 2. The second kappa shape index (κ2) is 13.1. The molecule has 4 N–H and O–H groups in total. The van der Waals surface area contributed by atoms with Crippen LogP contribution in [0.5, 0.6) is 11.5 Å². The molecule has 234 valence electrons. The van der Waals surface area contributed by atoms with Crippen LogP contribution in [0.2, 0.25) is 0 Å². The lowest BCUT2D eigenvalue weighted by Gasteiger charge is -2.14. The van der Waals surface area contributed by atoms with E-state index in [9.17, 15) is 28.0 Å². The Labute approximate surface area is 254 Å². The number of fused-ring (bicyclic) bond motifs is 1. The predicted molar refractivity (Wildman–Crippen MR) is 162 cm³/mol. The highest BCUT2D eigenvalue weighted by Gasteiger charge is 2.19. The lowest BCUT2D eigenvalue weighted by molar-refractivity contribution is 0.0693. The van der Waals surface area contributed by atoms with Crippen molar-refractivity contribution >= 4 is 28.9 Å². The van der Waals surface area contributed by atoms with Crippen LogP contribution in [0.1, 0.15) is 30.2 Å². The summed E-state index contributed by atoms with van der Waals surface area (Å²) >= 11 is 0.